The summed E-state index contributed by atoms with van der Waals surface area (Å²) < 4.78 is 1.34. The van der Waals surface area contributed by atoms with Crippen LogP contribution < -0.4 is 10.9 Å². The molecule has 1 amide bonds. The minimum atomic E-state index is -1.24. The summed E-state index contributed by atoms with van der Waals surface area (Å²) in [5.74, 6) is -2.86. The van der Waals surface area contributed by atoms with Gasteiger partial charge >= 0.3 is 5.97 Å². The van der Waals surface area contributed by atoms with Crippen molar-refractivity contribution in [3.8, 4) is 5.88 Å². The number of carboxylic acid groups (broad SMARTS) is 1. The third kappa shape index (κ3) is 2.15. The number of fused-ring (bicyclic) bond motifs is 3. The normalized spacial score (nSPS) is 13.3. The standard InChI is InChI=1S/C12H11N3O5S/c16-7(17)4-13-9(18)8-10(19)14-12-15(11(8)20)5-2-1-3-6(5)21-12/h19H,1-4H2,(H,13,18)(H,16,17). The molecule has 0 atom stereocenters. The van der Waals surface area contributed by atoms with E-state index in [1.807, 2.05) is 0 Å². The van der Waals surface area contributed by atoms with Crippen molar-refractivity contribution < 1.29 is 19.8 Å². The van der Waals surface area contributed by atoms with E-state index < -0.39 is 35.4 Å². The van der Waals surface area contributed by atoms with Crippen molar-refractivity contribution >= 4 is 28.2 Å². The molecule has 2 heterocycles. The zero-order valence-corrected chi connectivity index (χ0v) is 11.6. The Hall–Kier alpha value is -2.42. The van der Waals surface area contributed by atoms with Gasteiger partial charge in [-0.15, -0.1) is 11.3 Å². The fourth-order valence-electron chi connectivity index (χ4n) is 2.40. The summed E-state index contributed by atoms with van der Waals surface area (Å²) in [5.41, 5.74) is -0.374. The number of aromatic nitrogens is 2. The van der Waals surface area contributed by atoms with Gasteiger partial charge in [0.25, 0.3) is 11.5 Å². The molecule has 0 fully saturated rings. The first-order chi connectivity index (χ1) is 9.99. The van der Waals surface area contributed by atoms with Gasteiger partial charge in [0.2, 0.25) is 5.88 Å². The number of rotatable bonds is 3. The zero-order valence-electron chi connectivity index (χ0n) is 10.8. The van der Waals surface area contributed by atoms with Crippen LogP contribution in [0.4, 0.5) is 0 Å². The number of aliphatic carboxylic acids is 1. The highest BCUT2D eigenvalue weighted by atomic mass is 32.1. The highest BCUT2D eigenvalue weighted by molar-refractivity contribution is 7.17. The van der Waals surface area contributed by atoms with Crippen molar-refractivity contribution in [3.05, 3.63) is 26.5 Å². The molecule has 21 heavy (non-hydrogen) atoms. The Morgan fingerprint density at radius 1 is 1.38 bits per heavy atom. The Morgan fingerprint density at radius 3 is 2.86 bits per heavy atom. The number of nitrogens with zero attached hydrogens (tertiary/aromatic N) is 2. The molecule has 0 saturated carbocycles. The van der Waals surface area contributed by atoms with E-state index in [0.29, 0.717) is 4.96 Å². The Labute approximate surface area is 121 Å². The highest BCUT2D eigenvalue weighted by Gasteiger charge is 2.25. The first kappa shape index (κ1) is 13.6. The average molecular weight is 309 g/mol. The topological polar surface area (TPSA) is 121 Å². The largest absolute Gasteiger partial charge is 0.492 e. The number of thiazole rings is 1. The molecule has 0 bridgehead atoms. The molecule has 1 aliphatic rings. The van der Waals surface area contributed by atoms with Crippen LogP contribution >= 0.6 is 11.3 Å². The smallest absolute Gasteiger partial charge is 0.322 e. The van der Waals surface area contributed by atoms with Crippen molar-refractivity contribution in [2.45, 2.75) is 19.3 Å². The second-order valence-corrected chi connectivity index (χ2v) is 5.70. The summed E-state index contributed by atoms with van der Waals surface area (Å²) in [6, 6.07) is 0. The van der Waals surface area contributed by atoms with Gasteiger partial charge in [0.05, 0.1) is 0 Å². The number of aromatic hydroxyl groups is 1. The van der Waals surface area contributed by atoms with Gasteiger partial charge < -0.3 is 15.5 Å². The molecule has 3 N–H and O–H groups in total. The van der Waals surface area contributed by atoms with Crippen LogP contribution in [0.2, 0.25) is 0 Å². The molecule has 0 radical (unpaired) electrons. The molecule has 0 unspecified atom stereocenters. The van der Waals surface area contributed by atoms with Crippen LogP contribution in [0.5, 0.6) is 5.88 Å². The lowest BCUT2D eigenvalue weighted by molar-refractivity contribution is -0.135. The lowest BCUT2D eigenvalue weighted by Gasteiger charge is -2.05. The van der Waals surface area contributed by atoms with Crippen LogP contribution in [0.1, 0.15) is 27.3 Å². The summed E-state index contributed by atoms with van der Waals surface area (Å²) in [6.07, 6.45) is 2.51. The minimum absolute atomic E-state index is 0.344. The summed E-state index contributed by atoms with van der Waals surface area (Å²) >= 11 is 1.32. The van der Waals surface area contributed by atoms with Gasteiger partial charge in [0.1, 0.15) is 6.54 Å². The van der Waals surface area contributed by atoms with E-state index in [1.165, 1.54) is 15.7 Å². The predicted octanol–water partition coefficient (Wildman–Crippen LogP) is -0.235. The maximum atomic E-state index is 12.4. The van der Waals surface area contributed by atoms with E-state index >= 15 is 0 Å². The molecule has 2 aromatic rings. The Balaban J connectivity index is 2.13. The number of carboxylic acids is 1. The van der Waals surface area contributed by atoms with Gasteiger partial charge in [-0.05, 0) is 19.3 Å². The van der Waals surface area contributed by atoms with E-state index in [9.17, 15) is 19.5 Å². The van der Waals surface area contributed by atoms with Gasteiger partial charge in [0.15, 0.2) is 10.5 Å². The molecule has 2 aromatic heterocycles. The average Bonchev–Trinajstić information content (AvgIpc) is 2.95. The molecule has 3 rings (SSSR count). The molecule has 9 heteroatoms. The quantitative estimate of drug-likeness (QED) is 0.720. The number of hydrogen-bond donors (Lipinski definition) is 3. The number of nitrogens with one attached hydrogen (secondary N) is 1. The molecule has 0 saturated heterocycles. The first-order valence-corrected chi connectivity index (χ1v) is 7.07. The third-order valence-electron chi connectivity index (χ3n) is 3.28. The number of carbonyl (C=O) groups excluding carboxylic acids is 1. The van der Waals surface area contributed by atoms with Crippen LogP contribution in [-0.2, 0) is 17.6 Å². The Morgan fingerprint density at radius 2 is 2.14 bits per heavy atom. The van der Waals surface area contributed by atoms with Gasteiger partial charge in [0, 0.05) is 10.6 Å². The summed E-state index contributed by atoms with van der Waals surface area (Å²) in [5, 5.41) is 20.4. The SMILES string of the molecule is O=C(O)CNC(=O)c1c(O)nc2sc3c(n2c1=O)CCC3. The number of amides is 1. The minimum Gasteiger partial charge on any atom is -0.492 e. The van der Waals surface area contributed by atoms with Crippen molar-refractivity contribution in [1.29, 1.82) is 0 Å². The second kappa shape index (κ2) is 4.85. The maximum absolute atomic E-state index is 12.4. The molecule has 0 spiro atoms. The molecule has 110 valence electrons. The second-order valence-electron chi connectivity index (χ2n) is 4.64. The predicted molar refractivity (Wildman–Crippen MR) is 73.0 cm³/mol. The highest BCUT2D eigenvalue weighted by Crippen LogP contribution is 2.30. The van der Waals surface area contributed by atoms with Gasteiger partial charge in [-0.1, -0.05) is 0 Å². The fraction of sp³-hybridized carbons (Fsp3) is 0.333. The van der Waals surface area contributed by atoms with E-state index in [2.05, 4.69) is 10.3 Å². The van der Waals surface area contributed by atoms with Crippen molar-refractivity contribution in [1.82, 2.24) is 14.7 Å². The van der Waals surface area contributed by atoms with E-state index in [-0.39, 0.29) is 0 Å². The van der Waals surface area contributed by atoms with Crippen molar-refractivity contribution in [2.75, 3.05) is 6.54 Å². The summed E-state index contributed by atoms with van der Waals surface area (Å²) in [4.78, 5) is 40.0. The van der Waals surface area contributed by atoms with Crippen LogP contribution in [-0.4, -0.2) is 38.0 Å². The Bertz CT molecular complexity index is 822. The van der Waals surface area contributed by atoms with Crippen LogP contribution in [0.15, 0.2) is 4.79 Å². The lowest BCUT2D eigenvalue weighted by Crippen LogP contribution is -2.34. The number of aryl methyl sites for hydroxylation is 2. The van der Waals surface area contributed by atoms with E-state index in [4.69, 9.17) is 5.11 Å². The van der Waals surface area contributed by atoms with E-state index in [1.54, 1.807) is 0 Å². The summed E-state index contributed by atoms with van der Waals surface area (Å²) in [6.45, 7) is -0.637. The molecule has 0 aromatic carbocycles. The monoisotopic (exact) mass is 309 g/mol. The van der Waals surface area contributed by atoms with Gasteiger partial charge in [-0.25, -0.2) is 0 Å². The van der Waals surface area contributed by atoms with Crippen molar-refractivity contribution in [3.63, 3.8) is 0 Å². The fourth-order valence-corrected chi connectivity index (χ4v) is 3.59. The third-order valence-corrected chi connectivity index (χ3v) is 4.43. The van der Waals surface area contributed by atoms with Gasteiger partial charge in [-0.2, -0.15) is 4.98 Å². The van der Waals surface area contributed by atoms with E-state index in [0.717, 1.165) is 29.8 Å². The molecular weight excluding hydrogens is 298 g/mol. The zero-order chi connectivity index (χ0) is 15.1. The van der Waals surface area contributed by atoms with Crippen LogP contribution in [0.25, 0.3) is 4.96 Å². The lowest BCUT2D eigenvalue weighted by atomic mass is 10.3. The Kier molecular flexibility index (Phi) is 3.13. The first-order valence-electron chi connectivity index (χ1n) is 6.25. The van der Waals surface area contributed by atoms with Crippen LogP contribution in [0, 0.1) is 0 Å². The maximum Gasteiger partial charge on any atom is 0.322 e. The van der Waals surface area contributed by atoms with Crippen molar-refractivity contribution in [2.24, 2.45) is 0 Å². The summed E-state index contributed by atoms with van der Waals surface area (Å²) in [7, 11) is 0. The molecule has 1 aliphatic carbocycles. The molecule has 0 aliphatic heterocycles. The van der Waals surface area contributed by atoms with Crippen LogP contribution in [0.3, 0.4) is 0 Å². The number of hydrogen-bond acceptors (Lipinski definition) is 6. The van der Waals surface area contributed by atoms with Gasteiger partial charge in [-0.3, -0.25) is 18.8 Å². The molecular formula is C12H11N3O5S. The molecule has 8 nitrogen and oxygen atoms in total. The number of carbonyl (C=O) groups is 2.